The zero-order chi connectivity index (χ0) is 36.2. The third kappa shape index (κ3) is 7.90. The molecule has 0 heterocycles. The highest BCUT2D eigenvalue weighted by atomic mass is 79.9. The van der Waals surface area contributed by atoms with Crippen molar-refractivity contribution in [2.24, 2.45) is 0 Å². The fourth-order valence-corrected chi connectivity index (χ4v) is 4.01. The van der Waals surface area contributed by atoms with E-state index in [1.165, 1.54) is 6.07 Å². The second-order valence-electron chi connectivity index (χ2n) is 9.80. The van der Waals surface area contributed by atoms with Crippen molar-refractivity contribution < 1.29 is 88.9 Å². The maximum absolute atomic E-state index is 14.0. The quantitative estimate of drug-likeness (QED) is 0.0847. The molecule has 0 aliphatic rings. The number of benzene rings is 1. The molecule has 21 heteroatoms. The minimum absolute atomic E-state index is 0.0838. The van der Waals surface area contributed by atoms with E-state index in [1.807, 2.05) is 6.92 Å². The van der Waals surface area contributed by atoms with Gasteiger partial charge in [-0.2, -0.15) is 74.6 Å². The number of ether oxygens (including phenoxy) is 2. The average molecular weight is 775 g/mol. The van der Waals surface area contributed by atoms with Crippen LogP contribution in [0.25, 0.3) is 0 Å². The van der Waals surface area contributed by atoms with Crippen LogP contribution in [0.2, 0.25) is 0 Å². The van der Waals surface area contributed by atoms with Gasteiger partial charge >= 0.3 is 53.6 Å². The van der Waals surface area contributed by atoms with Gasteiger partial charge < -0.3 is 9.47 Å². The Balaban J connectivity index is 3.02. The molecule has 0 fully saturated rings. The van der Waals surface area contributed by atoms with E-state index < -0.39 is 72.2 Å². The van der Waals surface area contributed by atoms with Crippen LogP contribution in [0.15, 0.2) is 22.7 Å². The van der Waals surface area contributed by atoms with Crippen LogP contribution in [0.5, 0.6) is 5.75 Å². The molecular weight excluding hydrogens is 751 g/mol. The van der Waals surface area contributed by atoms with Crippen molar-refractivity contribution in [1.29, 1.82) is 0 Å². The van der Waals surface area contributed by atoms with Gasteiger partial charge in [0.1, 0.15) is 5.75 Å². The molecule has 0 amide bonds. The number of rotatable bonds is 18. The van der Waals surface area contributed by atoms with Crippen LogP contribution in [0.4, 0.5) is 74.6 Å². The molecule has 3 nitrogen and oxygen atoms in total. The summed E-state index contributed by atoms with van der Waals surface area (Å²) in [6.45, 7) is 0.247. The highest BCUT2D eigenvalue weighted by Gasteiger charge is 2.95. The summed E-state index contributed by atoms with van der Waals surface area (Å²) in [5.41, 5.74) is -0.502. The SMILES string of the molecule is CCCCCCCCOc1ccc(C(=O)OCCC(F)(F)C(F)(F)C(F)(F)C(F)(F)C(F)(F)C(F)(F)C(F)(F)C(F)(F)F)cc1Br. The van der Waals surface area contributed by atoms with Crippen molar-refractivity contribution in [3.8, 4) is 5.75 Å². The average Bonchev–Trinajstić information content (AvgIpc) is 2.91. The minimum Gasteiger partial charge on any atom is -0.492 e. The van der Waals surface area contributed by atoms with Gasteiger partial charge in [-0.25, -0.2) is 4.79 Å². The summed E-state index contributed by atoms with van der Waals surface area (Å²) in [6, 6.07) is 3.10. The Morgan fingerprint density at radius 3 is 1.57 bits per heavy atom. The Morgan fingerprint density at radius 2 is 1.09 bits per heavy atom. The lowest BCUT2D eigenvalue weighted by Gasteiger charge is -2.42. The van der Waals surface area contributed by atoms with Gasteiger partial charge in [-0.1, -0.05) is 39.0 Å². The summed E-state index contributed by atoms with van der Waals surface area (Å²) < 4.78 is 237. The topological polar surface area (TPSA) is 35.5 Å². The van der Waals surface area contributed by atoms with Gasteiger partial charge in [0.25, 0.3) is 0 Å². The molecule has 0 atom stereocenters. The van der Waals surface area contributed by atoms with Gasteiger partial charge in [-0.15, -0.1) is 0 Å². The standard InChI is InChI=1S/C25H24BrF17O3/c1-2-3-4-5-6-7-11-45-16-9-8-14(13-15(16)26)17(44)46-12-10-18(27,28)19(29,30)20(31,32)21(33,34)22(35,36)23(37,38)24(39,40)25(41,42)43/h8-9,13H,2-7,10-12H2,1H3. The lowest BCUT2D eigenvalue weighted by molar-refractivity contribution is -0.461. The number of carbonyl (C=O) groups excluding carboxylic acids is 1. The number of esters is 1. The molecule has 46 heavy (non-hydrogen) atoms. The third-order valence-corrected chi connectivity index (χ3v) is 6.98. The summed E-state index contributed by atoms with van der Waals surface area (Å²) in [6.07, 6.45) is -5.12. The van der Waals surface area contributed by atoms with E-state index in [4.69, 9.17) is 4.74 Å². The first-order chi connectivity index (χ1) is 20.6. The summed E-state index contributed by atoms with van der Waals surface area (Å²) >= 11 is 3.01. The molecule has 0 bridgehead atoms. The largest absolute Gasteiger partial charge is 0.492 e. The van der Waals surface area contributed by atoms with Gasteiger partial charge in [-0.05, 0) is 40.5 Å². The number of hydrogen-bond donors (Lipinski definition) is 0. The second-order valence-corrected chi connectivity index (χ2v) is 10.7. The Kier molecular flexibility index (Phi) is 13.2. The molecule has 0 radical (unpaired) electrons. The van der Waals surface area contributed by atoms with E-state index in [9.17, 15) is 79.4 Å². The first kappa shape index (κ1) is 41.8. The predicted molar refractivity (Wildman–Crippen MR) is 129 cm³/mol. The number of halogens is 18. The zero-order valence-corrected chi connectivity index (χ0v) is 24.7. The van der Waals surface area contributed by atoms with Crippen LogP contribution in [0, 0.1) is 0 Å². The molecule has 0 saturated carbocycles. The highest BCUT2D eigenvalue weighted by Crippen LogP contribution is 2.64. The van der Waals surface area contributed by atoms with Gasteiger partial charge in [-0.3, -0.25) is 0 Å². The maximum Gasteiger partial charge on any atom is 0.460 e. The molecular formula is C25H24BrF17O3. The van der Waals surface area contributed by atoms with Gasteiger partial charge in [0, 0.05) is 0 Å². The molecule has 0 aliphatic heterocycles. The van der Waals surface area contributed by atoms with Crippen molar-refractivity contribution in [2.75, 3.05) is 13.2 Å². The van der Waals surface area contributed by atoms with Crippen LogP contribution in [-0.4, -0.2) is 66.8 Å². The van der Waals surface area contributed by atoms with Crippen molar-refractivity contribution in [2.45, 2.75) is 99.5 Å². The molecule has 268 valence electrons. The molecule has 0 saturated heterocycles. The van der Waals surface area contributed by atoms with Gasteiger partial charge in [0.05, 0.1) is 29.7 Å². The maximum atomic E-state index is 14.0. The monoisotopic (exact) mass is 774 g/mol. The predicted octanol–water partition coefficient (Wildman–Crippen LogP) is 10.7. The van der Waals surface area contributed by atoms with Crippen LogP contribution in [0.1, 0.15) is 62.2 Å². The van der Waals surface area contributed by atoms with E-state index in [0.29, 0.717) is 6.42 Å². The summed E-state index contributed by atoms with van der Waals surface area (Å²) in [7, 11) is 0. The van der Waals surface area contributed by atoms with Crippen molar-refractivity contribution in [3.63, 3.8) is 0 Å². The lowest BCUT2D eigenvalue weighted by Crippen LogP contribution is -2.74. The Labute approximate surface area is 257 Å². The van der Waals surface area contributed by atoms with Crippen LogP contribution in [0.3, 0.4) is 0 Å². The molecule has 0 spiro atoms. The molecule has 0 N–H and O–H groups in total. The second kappa shape index (κ2) is 14.5. The van der Waals surface area contributed by atoms with E-state index in [0.717, 1.165) is 44.2 Å². The fourth-order valence-electron chi connectivity index (χ4n) is 3.52. The number of alkyl halides is 17. The molecule has 1 aromatic rings. The summed E-state index contributed by atoms with van der Waals surface area (Å²) in [4.78, 5) is 12.1. The molecule has 0 unspecified atom stereocenters. The Bertz CT molecular complexity index is 1170. The van der Waals surface area contributed by atoms with Gasteiger partial charge in [0.2, 0.25) is 0 Å². The number of unbranched alkanes of at least 4 members (excludes halogenated alkanes) is 5. The van der Waals surface area contributed by atoms with Crippen molar-refractivity contribution in [1.82, 2.24) is 0 Å². The van der Waals surface area contributed by atoms with Crippen molar-refractivity contribution >= 4 is 21.9 Å². The van der Waals surface area contributed by atoms with E-state index in [2.05, 4.69) is 20.7 Å². The van der Waals surface area contributed by atoms with E-state index in [-0.39, 0.29) is 16.8 Å². The normalized spacial score (nSPS) is 14.4. The zero-order valence-electron chi connectivity index (χ0n) is 23.1. The molecule has 1 aromatic carbocycles. The summed E-state index contributed by atoms with van der Waals surface area (Å²) in [5.74, 6) is -58.5. The van der Waals surface area contributed by atoms with E-state index >= 15 is 0 Å². The first-order valence-corrected chi connectivity index (χ1v) is 13.7. The number of carbonyl (C=O) groups is 1. The molecule has 1 rings (SSSR count). The fraction of sp³-hybridized carbons (Fsp3) is 0.720. The Hall–Kier alpha value is -2.22. The van der Waals surface area contributed by atoms with Crippen LogP contribution < -0.4 is 4.74 Å². The Morgan fingerprint density at radius 1 is 0.630 bits per heavy atom. The number of hydrogen-bond acceptors (Lipinski definition) is 3. The smallest absolute Gasteiger partial charge is 0.460 e. The van der Waals surface area contributed by atoms with E-state index in [1.54, 1.807) is 0 Å². The third-order valence-electron chi connectivity index (χ3n) is 6.36. The molecule has 0 aliphatic carbocycles. The van der Waals surface area contributed by atoms with Gasteiger partial charge in [0.15, 0.2) is 0 Å². The van der Waals surface area contributed by atoms with Crippen molar-refractivity contribution in [3.05, 3.63) is 28.2 Å². The lowest BCUT2D eigenvalue weighted by atomic mass is 9.88. The van der Waals surface area contributed by atoms with Crippen LogP contribution >= 0.6 is 15.9 Å². The van der Waals surface area contributed by atoms with Crippen LogP contribution in [-0.2, 0) is 4.74 Å². The molecule has 0 aromatic heterocycles. The minimum atomic E-state index is -8.70. The highest BCUT2D eigenvalue weighted by molar-refractivity contribution is 9.10. The first-order valence-electron chi connectivity index (χ1n) is 12.9. The summed E-state index contributed by atoms with van der Waals surface area (Å²) in [5, 5.41) is 0.